The summed E-state index contributed by atoms with van der Waals surface area (Å²) in [5.41, 5.74) is 1.20. The fourth-order valence-corrected chi connectivity index (χ4v) is 2.17. The standard InChI is InChI=1S/C20H19NO4/c1-24-19-10-8-15(13-20(19)25-12-3-2-11-21)7-9-18(23)16-5-4-6-17(22)14-16/h4-10,13-14,22H,2-3,12H2,1H3. The van der Waals surface area contributed by atoms with E-state index < -0.39 is 0 Å². The Kier molecular flexibility index (Phi) is 6.61. The summed E-state index contributed by atoms with van der Waals surface area (Å²) in [5, 5.41) is 18.0. The molecule has 0 saturated heterocycles. The molecule has 0 atom stereocenters. The summed E-state index contributed by atoms with van der Waals surface area (Å²) >= 11 is 0. The number of ketones is 1. The second-order valence-corrected chi connectivity index (χ2v) is 5.27. The average molecular weight is 337 g/mol. The van der Waals surface area contributed by atoms with Crippen LogP contribution in [0.1, 0.15) is 28.8 Å². The predicted molar refractivity (Wildman–Crippen MR) is 94.8 cm³/mol. The number of carbonyl (C=O) groups is 1. The Bertz CT molecular complexity index is 806. The van der Waals surface area contributed by atoms with Gasteiger partial charge in [-0.15, -0.1) is 0 Å². The molecule has 0 fully saturated rings. The van der Waals surface area contributed by atoms with Gasteiger partial charge in [0.25, 0.3) is 0 Å². The Balaban J connectivity index is 2.10. The molecule has 5 heteroatoms. The molecule has 0 bridgehead atoms. The smallest absolute Gasteiger partial charge is 0.185 e. The van der Waals surface area contributed by atoms with E-state index in [2.05, 4.69) is 6.07 Å². The quantitative estimate of drug-likeness (QED) is 0.448. The molecule has 0 saturated carbocycles. The third-order valence-electron chi connectivity index (χ3n) is 3.44. The second kappa shape index (κ2) is 9.14. The Morgan fingerprint density at radius 3 is 2.80 bits per heavy atom. The number of ether oxygens (including phenoxy) is 2. The van der Waals surface area contributed by atoms with Crippen molar-refractivity contribution in [3.63, 3.8) is 0 Å². The number of aromatic hydroxyl groups is 1. The third kappa shape index (κ3) is 5.40. The molecule has 0 aliphatic rings. The molecule has 2 aromatic carbocycles. The molecule has 2 rings (SSSR count). The molecule has 0 aliphatic carbocycles. The maximum atomic E-state index is 12.1. The van der Waals surface area contributed by atoms with Crippen molar-refractivity contribution in [1.29, 1.82) is 5.26 Å². The van der Waals surface area contributed by atoms with Crippen molar-refractivity contribution in [2.75, 3.05) is 13.7 Å². The van der Waals surface area contributed by atoms with Gasteiger partial charge in [-0.3, -0.25) is 4.79 Å². The maximum absolute atomic E-state index is 12.1. The SMILES string of the molecule is COc1ccc(C=CC(=O)c2cccc(O)c2)cc1OCCCC#N. The number of allylic oxidation sites excluding steroid dienone is 1. The van der Waals surface area contributed by atoms with E-state index >= 15 is 0 Å². The van der Waals surface area contributed by atoms with E-state index in [1.54, 1.807) is 37.5 Å². The van der Waals surface area contributed by atoms with Gasteiger partial charge in [0, 0.05) is 12.0 Å². The molecule has 0 aliphatic heterocycles. The number of carbonyl (C=O) groups excluding carboxylic acids is 1. The molecule has 0 aromatic heterocycles. The lowest BCUT2D eigenvalue weighted by Gasteiger charge is -2.10. The third-order valence-corrected chi connectivity index (χ3v) is 3.44. The lowest BCUT2D eigenvalue weighted by atomic mass is 10.1. The number of hydrogen-bond donors (Lipinski definition) is 1. The molecule has 25 heavy (non-hydrogen) atoms. The summed E-state index contributed by atoms with van der Waals surface area (Å²) in [6, 6.07) is 13.6. The van der Waals surface area contributed by atoms with Gasteiger partial charge in [0.2, 0.25) is 0 Å². The summed E-state index contributed by atoms with van der Waals surface area (Å²) in [5.74, 6) is 1.00. The summed E-state index contributed by atoms with van der Waals surface area (Å²) in [6.45, 7) is 0.416. The molecular formula is C20H19NO4. The number of unbranched alkanes of at least 4 members (excludes halogenated alkanes) is 1. The Morgan fingerprint density at radius 2 is 2.08 bits per heavy atom. The lowest BCUT2D eigenvalue weighted by molar-refractivity contribution is 0.104. The van der Waals surface area contributed by atoms with Crippen LogP contribution in [0.15, 0.2) is 48.5 Å². The van der Waals surface area contributed by atoms with Crippen molar-refractivity contribution < 1.29 is 19.4 Å². The van der Waals surface area contributed by atoms with Gasteiger partial charge in [0.15, 0.2) is 17.3 Å². The summed E-state index contributed by atoms with van der Waals surface area (Å²) in [7, 11) is 1.55. The minimum absolute atomic E-state index is 0.0525. The van der Waals surface area contributed by atoms with Crippen molar-refractivity contribution in [1.82, 2.24) is 0 Å². The van der Waals surface area contributed by atoms with Gasteiger partial charge in [-0.1, -0.05) is 24.3 Å². The summed E-state index contributed by atoms with van der Waals surface area (Å²) in [6.07, 6.45) is 4.18. The Morgan fingerprint density at radius 1 is 1.24 bits per heavy atom. The zero-order valence-electron chi connectivity index (χ0n) is 13.9. The normalized spacial score (nSPS) is 10.4. The van der Waals surface area contributed by atoms with Crippen LogP contribution in [-0.4, -0.2) is 24.6 Å². The highest BCUT2D eigenvalue weighted by Gasteiger charge is 2.06. The molecule has 0 amide bonds. The number of nitriles is 1. The highest BCUT2D eigenvalue weighted by atomic mass is 16.5. The largest absolute Gasteiger partial charge is 0.508 e. The number of benzene rings is 2. The highest BCUT2D eigenvalue weighted by Crippen LogP contribution is 2.29. The Labute approximate surface area is 146 Å². The molecule has 1 N–H and O–H groups in total. The molecule has 128 valence electrons. The van der Waals surface area contributed by atoms with Crippen LogP contribution in [0.25, 0.3) is 6.08 Å². The van der Waals surface area contributed by atoms with Crippen LogP contribution in [-0.2, 0) is 0 Å². The second-order valence-electron chi connectivity index (χ2n) is 5.27. The van der Waals surface area contributed by atoms with Crippen molar-refractivity contribution in [3.8, 4) is 23.3 Å². The van der Waals surface area contributed by atoms with Gasteiger partial charge < -0.3 is 14.6 Å². The topological polar surface area (TPSA) is 79.6 Å². The van der Waals surface area contributed by atoms with Crippen LogP contribution >= 0.6 is 0 Å². The number of hydrogen-bond acceptors (Lipinski definition) is 5. The van der Waals surface area contributed by atoms with Gasteiger partial charge in [-0.05, 0) is 42.3 Å². The van der Waals surface area contributed by atoms with Gasteiger partial charge in [-0.25, -0.2) is 0 Å². The van der Waals surface area contributed by atoms with Crippen molar-refractivity contribution in [2.45, 2.75) is 12.8 Å². The summed E-state index contributed by atoms with van der Waals surface area (Å²) < 4.78 is 10.9. The van der Waals surface area contributed by atoms with Crippen LogP contribution in [0.3, 0.4) is 0 Å². The zero-order chi connectivity index (χ0) is 18.1. The van der Waals surface area contributed by atoms with Gasteiger partial charge >= 0.3 is 0 Å². The molecule has 0 unspecified atom stereocenters. The predicted octanol–water partition coefficient (Wildman–Crippen LogP) is 3.98. The number of rotatable bonds is 8. The Hall–Kier alpha value is -3.26. The first-order chi connectivity index (χ1) is 12.1. The fourth-order valence-electron chi connectivity index (χ4n) is 2.17. The first kappa shape index (κ1) is 18.1. The summed E-state index contributed by atoms with van der Waals surface area (Å²) in [4.78, 5) is 12.1. The van der Waals surface area contributed by atoms with Crippen LogP contribution < -0.4 is 9.47 Å². The minimum atomic E-state index is -0.205. The van der Waals surface area contributed by atoms with Crippen LogP contribution in [0.2, 0.25) is 0 Å². The maximum Gasteiger partial charge on any atom is 0.185 e. The van der Waals surface area contributed by atoms with Gasteiger partial charge in [-0.2, -0.15) is 5.26 Å². The van der Waals surface area contributed by atoms with E-state index in [1.165, 1.54) is 18.2 Å². The van der Waals surface area contributed by atoms with E-state index in [1.807, 2.05) is 6.07 Å². The van der Waals surface area contributed by atoms with Crippen molar-refractivity contribution in [3.05, 3.63) is 59.7 Å². The molecule has 0 spiro atoms. The number of phenolic OH excluding ortho intramolecular Hbond substituents is 1. The molecule has 5 nitrogen and oxygen atoms in total. The first-order valence-corrected chi connectivity index (χ1v) is 7.83. The van der Waals surface area contributed by atoms with Gasteiger partial charge in [0.05, 0.1) is 19.8 Å². The van der Waals surface area contributed by atoms with Crippen molar-refractivity contribution >= 4 is 11.9 Å². The van der Waals surface area contributed by atoms with Crippen LogP contribution in [0, 0.1) is 11.3 Å². The number of nitrogens with zero attached hydrogens (tertiary/aromatic N) is 1. The average Bonchev–Trinajstić information content (AvgIpc) is 2.63. The molecule has 0 heterocycles. The number of phenols is 1. The fraction of sp³-hybridized carbons (Fsp3) is 0.200. The number of methoxy groups -OCH3 is 1. The molecular weight excluding hydrogens is 318 g/mol. The zero-order valence-corrected chi connectivity index (χ0v) is 13.9. The van der Waals surface area contributed by atoms with E-state index in [-0.39, 0.29) is 11.5 Å². The van der Waals surface area contributed by atoms with Gasteiger partial charge in [0.1, 0.15) is 5.75 Å². The monoisotopic (exact) mass is 337 g/mol. The lowest BCUT2D eigenvalue weighted by Crippen LogP contribution is -1.99. The van der Waals surface area contributed by atoms with Crippen molar-refractivity contribution in [2.24, 2.45) is 0 Å². The van der Waals surface area contributed by atoms with E-state index in [4.69, 9.17) is 14.7 Å². The minimum Gasteiger partial charge on any atom is -0.508 e. The highest BCUT2D eigenvalue weighted by molar-refractivity contribution is 6.07. The molecule has 2 aromatic rings. The first-order valence-electron chi connectivity index (χ1n) is 7.83. The van der Waals surface area contributed by atoms with E-state index in [0.29, 0.717) is 36.5 Å². The van der Waals surface area contributed by atoms with E-state index in [0.717, 1.165) is 5.56 Å². The molecule has 0 radical (unpaired) electrons. The van der Waals surface area contributed by atoms with Crippen LogP contribution in [0.5, 0.6) is 17.2 Å². The van der Waals surface area contributed by atoms with E-state index in [9.17, 15) is 9.90 Å². The van der Waals surface area contributed by atoms with Crippen LogP contribution in [0.4, 0.5) is 0 Å².